The molecule has 0 aliphatic heterocycles. The van der Waals surface area contributed by atoms with Gasteiger partial charge in [-0.3, -0.25) is 0 Å². The summed E-state index contributed by atoms with van der Waals surface area (Å²) in [6, 6.07) is 20.4. The number of hydrogen-bond donors (Lipinski definition) is 1. The third kappa shape index (κ3) is 3.43. The highest BCUT2D eigenvalue weighted by Crippen LogP contribution is 2.44. The van der Waals surface area contributed by atoms with Crippen LogP contribution in [0.4, 0.5) is 11.4 Å². The number of ether oxygens (including phenoxy) is 1. The number of carbonyl (C=O) groups excluding carboxylic acids is 1. The zero-order valence-corrected chi connectivity index (χ0v) is 17.8. The summed E-state index contributed by atoms with van der Waals surface area (Å²) in [6.45, 7) is 8.16. The Morgan fingerprint density at radius 1 is 0.967 bits per heavy atom. The number of esters is 1. The third-order valence-electron chi connectivity index (χ3n) is 6.04. The van der Waals surface area contributed by atoms with Gasteiger partial charge in [0.1, 0.15) is 6.61 Å². The number of hydrogen-bond acceptors (Lipinski definition) is 4. The molecule has 0 radical (unpaired) electrons. The fourth-order valence-electron chi connectivity index (χ4n) is 4.44. The molecular formula is C26H28N2O2. The van der Waals surface area contributed by atoms with Crippen LogP contribution in [0.3, 0.4) is 0 Å². The number of nitrogen functional groups attached to an aromatic ring is 1. The van der Waals surface area contributed by atoms with E-state index in [9.17, 15) is 4.79 Å². The summed E-state index contributed by atoms with van der Waals surface area (Å²) >= 11 is 0. The van der Waals surface area contributed by atoms with Crippen LogP contribution in [-0.4, -0.2) is 25.7 Å². The summed E-state index contributed by atoms with van der Waals surface area (Å²) in [6.07, 6.45) is 0. The number of nitrogens with zero attached hydrogens (tertiary/aromatic N) is 1. The van der Waals surface area contributed by atoms with Gasteiger partial charge in [0.25, 0.3) is 0 Å². The molecule has 0 atom stereocenters. The molecule has 2 N–H and O–H groups in total. The number of nitrogens with two attached hydrogens (primary N) is 1. The Balaban J connectivity index is 1.57. The molecule has 30 heavy (non-hydrogen) atoms. The summed E-state index contributed by atoms with van der Waals surface area (Å²) in [5, 5.41) is 0. The molecule has 0 bridgehead atoms. The van der Waals surface area contributed by atoms with E-state index in [1.165, 1.54) is 22.3 Å². The molecule has 0 saturated heterocycles. The second kappa shape index (κ2) is 8.23. The minimum atomic E-state index is -0.327. The fraction of sp³-hybridized carbons (Fsp3) is 0.269. The van der Waals surface area contributed by atoms with E-state index in [0.29, 0.717) is 17.9 Å². The van der Waals surface area contributed by atoms with Crippen LogP contribution in [0.1, 0.15) is 46.8 Å². The molecular weight excluding hydrogens is 372 g/mol. The zero-order valence-electron chi connectivity index (χ0n) is 17.8. The Bertz CT molecular complexity index is 1040. The van der Waals surface area contributed by atoms with Crippen molar-refractivity contribution in [1.29, 1.82) is 0 Å². The molecule has 0 unspecified atom stereocenters. The van der Waals surface area contributed by atoms with Gasteiger partial charge in [0, 0.05) is 19.0 Å². The van der Waals surface area contributed by atoms with E-state index in [1.54, 1.807) is 6.07 Å². The van der Waals surface area contributed by atoms with Gasteiger partial charge in [-0.05, 0) is 60.7 Å². The average molecular weight is 401 g/mol. The Kier molecular flexibility index (Phi) is 5.49. The number of rotatable bonds is 6. The first-order valence-electron chi connectivity index (χ1n) is 10.6. The second-order valence-electron chi connectivity index (χ2n) is 7.72. The van der Waals surface area contributed by atoms with E-state index >= 15 is 0 Å². The molecule has 3 aromatic carbocycles. The second-order valence-corrected chi connectivity index (χ2v) is 7.72. The topological polar surface area (TPSA) is 55.6 Å². The monoisotopic (exact) mass is 400 g/mol. The van der Waals surface area contributed by atoms with Crippen molar-refractivity contribution in [2.45, 2.75) is 26.7 Å². The minimum Gasteiger partial charge on any atom is -0.461 e. The largest absolute Gasteiger partial charge is 0.461 e. The molecule has 4 rings (SSSR count). The lowest BCUT2D eigenvalue weighted by molar-refractivity contribution is 0.0493. The molecule has 154 valence electrons. The average Bonchev–Trinajstić information content (AvgIpc) is 3.09. The van der Waals surface area contributed by atoms with E-state index in [0.717, 1.165) is 24.3 Å². The molecule has 3 aromatic rings. The van der Waals surface area contributed by atoms with Gasteiger partial charge in [0.2, 0.25) is 0 Å². The first kappa shape index (κ1) is 20.0. The molecule has 4 nitrogen and oxygen atoms in total. The molecule has 1 aliphatic carbocycles. The highest BCUT2D eigenvalue weighted by atomic mass is 16.5. The first-order chi connectivity index (χ1) is 14.5. The van der Waals surface area contributed by atoms with Gasteiger partial charge < -0.3 is 15.4 Å². The molecule has 0 spiro atoms. The Labute approximate surface area is 178 Å². The SMILES string of the molecule is CCN(CC)c1cc(C)c(C(=O)OCC2c3ccccc3-c3ccccc32)cc1N. The summed E-state index contributed by atoms with van der Waals surface area (Å²) in [5.41, 5.74) is 14.1. The summed E-state index contributed by atoms with van der Waals surface area (Å²) in [7, 11) is 0. The third-order valence-corrected chi connectivity index (χ3v) is 6.04. The van der Waals surface area contributed by atoms with Crippen LogP contribution in [0.5, 0.6) is 0 Å². The molecule has 0 saturated carbocycles. The maximum atomic E-state index is 12.9. The highest BCUT2D eigenvalue weighted by Gasteiger charge is 2.29. The highest BCUT2D eigenvalue weighted by molar-refractivity contribution is 5.94. The van der Waals surface area contributed by atoms with Crippen LogP contribution < -0.4 is 10.6 Å². The lowest BCUT2D eigenvalue weighted by Crippen LogP contribution is -2.23. The van der Waals surface area contributed by atoms with Crippen LogP contribution in [0.2, 0.25) is 0 Å². The number of fused-ring (bicyclic) bond motifs is 3. The molecule has 0 aromatic heterocycles. The van der Waals surface area contributed by atoms with Crippen LogP contribution in [-0.2, 0) is 4.74 Å². The normalized spacial score (nSPS) is 12.4. The van der Waals surface area contributed by atoms with Crippen molar-refractivity contribution in [1.82, 2.24) is 0 Å². The van der Waals surface area contributed by atoms with Gasteiger partial charge in [-0.25, -0.2) is 4.79 Å². The summed E-state index contributed by atoms with van der Waals surface area (Å²) < 4.78 is 5.81. The van der Waals surface area contributed by atoms with E-state index in [4.69, 9.17) is 10.5 Å². The van der Waals surface area contributed by atoms with Crippen molar-refractivity contribution in [2.24, 2.45) is 0 Å². The van der Waals surface area contributed by atoms with Crippen molar-refractivity contribution in [2.75, 3.05) is 30.3 Å². The Morgan fingerprint density at radius 3 is 2.10 bits per heavy atom. The van der Waals surface area contributed by atoms with Crippen LogP contribution in [0.25, 0.3) is 11.1 Å². The maximum Gasteiger partial charge on any atom is 0.338 e. The van der Waals surface area contributed by atoms with E-state index in [1.807, 2.05) is 37.3 Å². The summed E-state index contributed by atoms with van der Waals surface area (Å²) in [5.74, 6) is -0.277. The quantitative estimate of drug-likeness (QED) is 0.445. The number of anilines is 2. The van der Waals surface area contributed by atoms with Crippen LogP contribution >= 0.6 is 0 Å². The van der Waals surface area contributed by atoms with Crippen LogP contribution in [0.15, 0.2) is 60.7 Å². The molecule has 0 fully saturated rings. The zero-order chi connectivity index (χ0) is 21.3. The van der Waals surface area contributed by atoms with Gasteiger partial charge in [-0.1, -0.05) is 48.5 Å². The van der Waals surface area contributed by atoms with Crippen molar-refractivity contribution < 1.29 is 9.53 Å². The van der Waals surface area contributed by atoms with Gasteiger partial charge >= 0.3 is 5.97 Å². The fourth-order valence-corrected chi connectivity index (χ4v) is 4.44. The predicted octanol–water partition coefficient (Wildman–Crippen LogP) is 5.39. The predicted molar refractivity (Wildman–Crippen MR) is 123 cm³/mol. The smallest absolute Gasteiger partial charge is 0.338 e. The lowest BCUT2D eigenvalue weighted by atomic mass is 9.98. The maximum absolute atomic E-state index is 12.9. The molecule has 4 heteroatoms. The molecule has 1 aliphatic rings. The van der Waals surface area contributed by atoms with Gasteiger partial charge in [-0.2, -0.15) is 0 Å². The van der Waals surface area contributed by atoms with Crippen LogP contribution in [0, 0.1) is 6.92 Å². The van der Waals surface area contributed by atoms with Crippen molar-refractivity contribution >= 4 is 17.3 Å². The van der Waals surface area contributed by atoms with Gasteiger partial charge in [-0.15, -0.1) is 0 Å². The summed E-state index contributed by atoms with van der Waals surface area (Å²) in [4.78, 5) is 15.1. The van der Waals surface area contributed by atoms with Crippen molar-refractivity contribution in [3.8, 4) is 11.1 Å². The standard InChI is InChI=1S/C26H28N2O2/c1-4-28(5-2)25-14-17(3)22(15-24(25)27)26(29)30-16-23-20-12-8-6-10-18(20)19-11-7-9-13-21(19)23/h6-15,23H,4-5,16,27H2,1-3H3. The number of carbonyl (C=O) groups is 1. The molecule has 0 heterocycles. The lowest BCUT2D eigenvalue weighted by Gasteiger charge is -2.24. The van der Waals surface area contributed by atoms with Crippen molar-refractivity contribution in [3.63, 3.8) is 0 Å². The Hall–Kier alpha value is -3.27. The van der Waals surface area contributed by atoms with E-state index in [2.05, 4.69) is 43.0 Å². The molecule has 0 amide bonds. The van der Waals surface area contributed by atoms with E-state index in [-0.39, 0.29) is 11.9 Å². The van der Waals surface area contributed by atoms with Gasteiger partial charge in [0.15, 0.2) is 0 Å². The number of benzene rings is 3. The van der Waals surface area contributed by atoms with E-state index < -0.39 is 0 Å². The van der Waals surface area contributed by atoms with Gasteiger partial charge in [0.05, 0.1) is 16.9 Å². The number of aryl methyl sites for hydroxylation is 1. The minimum absolute atomic E-state index is 0.0500. The van der Waals surface area contributed by atoms with Crippen molar-refractivity contribution in [3.05, 3.63) is 82.9 Å². The Morgan fingerprint density at radius 2 is 1.53 bits per heavy atom. The first-order valence-corrected chi connectivity index (χ1v) is 10.6.